The molecule has 1 aromatic rings. The van der Waals surface area contributed by atoms with Gasteiger partial charge >= 0.3 is 0 Å². The molecule has 2 N–H and O–H groups in total. The summed E-state index contributed by atoms with van der Waals surface area (Å²) in [5.41, 5.74) is 0. The first kappa shape index (κ1) is 25.6. The van der Waals surface area contributed by atoms with E-state index < -0.39 is 0 Å². The molecule has 0 bridgehead atoms. The van der Waals surface area contributed by atoms with E-state index in [0.29, 0.717) is 26.1 Å². The van der Waals surface area contributed by atoms with Gasteiger partial charge in [0.05, 0.1) is 0 Å². The zero-order chi connectivity index (χ0) is 21.0. The number of hydrogen-bond donors (Lipinski definition) is 2. The number of aromatic nitrogens is 2. The first-order valence-electron chi connectivity index (χ1n) is 11.6. The highest BCUT2D eigenvalue weighted by molar-refractivity contribution is 14.0. The molecule has 2 fully saturated rings. The van der Waals surface area contributed by atoms with Crippen LogP contribution in [0.15, 0.2) is 23.5 Å². The topological polar surface area (TPSA) is 85.8 Å². The van der Waals surface area contributed by atoms with Crippen molar-refractivity contribution in [3.8, 4) is 0 Å². The predicted molar refractivity (Wildman–Crippen MR) is 136 cm³/mol. The van der Waals surface area contributed by atoms with Gasteiger partial charge in [-0.05, 0) is 31.7 Å². The molecule has 0 radical (unpaired) electrons. The molecule has 1 aliphatic heterocycles. The van der Waals surface area contributed by atoms with Crippen LogP contribution in [0, 0.1) is 5.92 Å². The van der Waals surface area contributed by atoms with Crippen molar-refractivity contribution < 1.29 is 4.79 Å². The fourth-order valence-corrected chi connectivity index (χ4v) is 4.27. The SMILES string of the molecule is CCNC(=NCCCC1CCCC1)NCCC(=O)N1CCN(c2ncccn2)CC1.I. The molecule has 3 rings (SSSR count). The second-order valence-corrected chi connectivity index (χ2v) is 8.15. The van der Waals surface area contributed by atoms with Crippen LogP contribution >= 0.6 is 24.0 Å². The van der Waals surface area contributed by atoms with Gasteiger partial charge in [0, 0.05) is 64.6 Å². The van der Waals surface area contributed by atoms with Gasteiger partial charge in [-0.3, -0.25) is 9.79 Å². The molecule has 0 atom stereocenters. The van der Waals surface area contributed by atoms with Crippen LogP contribution in [0.3, 0.4) is 0 Å². The van der Waals surface area contributed by atoms with Crippen LogP contribution in [-0.4, -0.2) is 72.5 Å². The average Bonchev–Trinajstić information content (AvgIpc) is 3.31. The highest BCUT2D eigenvalue weighted by atomic mass is 127. The van der Waals surface area contributed by atoms with E-state index >= 15 is 0 Å². The Kier molecular flexibility index (Phi) is 11.9. The van der Waals surface area contributed by atoms with Gasteiger partial charge in [0.1, 0.15) is 0 Å². The predicted octanol–water partition coefficient (Wildman–Crippen LogP) is 2.66. The lowest BCUT2D eigenvalue weighted by atomic mass is 10.0. The quantitative estimate of drug-likeness (QED) is 0.216. The molecule has 2 aliphatic rings. The van der Waals surface area contributed by atoms with E-state index in [-0.39, 0.29) is 29.9 Å². The third-order valence-electron chi connectivity index (χ3n) is 5.96. The number of carbonyl (C=O) groups is 1. The Morgan fingerprint density at radius 3 is 2.52 bits per heavy atom. The number of hydrogen-bond acceptors (Lipinski definition) is 5. The summed E-state index contributed by atoms with van der Waals surface area (Å²) in [4.78, 5) is 29.9. The lowest BCUT2D eigenvalue weighted by molar-refractivity contribution is -0.131. The van der Waals surface area contributed by atoms with Gasteiger partial charge in [-0.15, -0.1) is 24.0 Å². The zero-order valence-electron chi connectivity index (χ0n) is 18.8. The van der Waals surface area contributed by atoms with E-state index in [4.69, 9.17) is 0 Å². The zero-order valence-corrected chi connectivity index (χ0v) is 21.1. The number of amides is 1. The number of guanidine groups is 1. The van der Waals surface area contributed by atoms with Crippen LogP contribution in [0.5, 0.6) is 0 Å². The Bertz CT molecular complexity index is 659. The monoisotopic (exact) mass is 543 g/mol. The number of aliphatic imine (C=N–C) groups is 1. The third-order valence-corrected chi connectivity index (χ3v) is 5.96. The second-order valence-electron chi connectivity index (χ2n) is 8.15. The summed E-state index contributed by atoms with van der Waals surface area (Å²) >= 11 is 0. The van der Waals surface area contributed by atoms with Crippen molar-refractivity contribution in [2.75, 3.05) is 50.7 Å². The molecule has 0 spiro atoms. The van der Waals surface area contributed by atoms with Crippen molar-refractivity contribution in [3.63, 3.8) is 0 Å². The molecule has 1 aliphatic carbocycles. The second kappa shape index (κ2) is 14.4. The Morgan fingerprint density at radius 2 is 1.84 bits per heavy atom. The van der Waals surface area contributed by atoms with E-state index in [1.807, 2.05) is 11.0 Å². The maximum absolute atomic E-state index is 12.6. The molecule has 2 heterocycles. The molecule has 1 saturated heterocycles. The first-order chi connectivity index (χ1) is 14.8. The minimum atomic E-state index is 0. The average molecular weight is 543 g/mol. The molecule has 1 saturated carbocycles. The van der Waals surface area contributed by atoms with Gasteiger partial charge in [-0.1, -0.05) is 25.7 Å². The number of rotatable bonds is 9. The third kappa shape index (κ3) is 8.78. The molecule has 9 heteroatoms. The summed E-state index contributed by atoms with van der Waals surface area (Å²) in [6.45, 7) is 7.32. The van der Waals surface area contributed by atoms with Gasteiger partial charge < -0.3 is 20.4 Å². The number of anilines is 1. The number of carbonyl (C=O) groups excluding carboxylic acids is 1. The van der Waals surface area contributed by atoms with E-state index in [2.05, 4.69) is 37.4 Å². The number of nitrogens with zero attached hydrogens (tertiary/aromatic N) is 5. The van der Waals surface area contributed by atoms with Crippen LogP contribution < -0.4 is 15.5 Å². The van der Waals surface area contributed by atoms with Gasteiger partial charge in [0.2, 0.25) is 11.9 Å². The summed E-state index contributed by atoms with van der Waals surface area (Å²) in [7, 11) is 0. The molecule has 0 unspecified atom stereocenters. The summed E-state index contributed by atoms with van der Waals surface area (Å²) in [6.07, 6.45) is 12.0. The molecule has 1 aromatic heterocycles. The first-order valence-corrected chi connectivity index (χ1v) is 11.6. The molecule has 174 valence electrons. The molecular formula is C22H38IN7O. The van der Waals surface area contributed by atoms with Gasteiger partial charge in [-0.25, -0.2) is 9.97 Å². The molecule has 0 aromatic carbocycles. The molecule has 31 heavy (non-hydrogen) atoms. The summed E-state index contributed by atoms with van der Waals surface area (Å²) in [6, 6.07) is 1.82. The van der Waals surface area contributed by atoms with Crippen molar-refractivity contribution in [2.24, 2.45) is 10.9 Å². The van der Waals surface area contributed by atoms with E-state index in [1.165, 1.54) is 32.1 Å². The van der Waals surface area contributed by atoms with E-state index in [0.717, 1.165) is 50.4 Å². The van der Waals surface area contributed by atoms with Crippen LogP contribution in [0.2, 0.25) is 0 Å². The highest BCUT2D eigenvalue weighted by Crippen LogP contribution is 2.28. The van der Waals surface area contributed by atoms with Crippen LogP contribution in [0.25, 0.3) is 0 Å². The van der Waals surface area contributed by atoms with E-state index in [1.54, 1.807) is 12.4 Å². The molecule has 1 amide bonds. The molecular weight excluding hydrogens is 505 g/mol. The lowest BCUT2D eigenvalue weighted by Gasteiger charge is -2.34. The normalized spacial score (nSPS) is 17.4. The largest absolute Gasteiger partial charge is 0.357 e. The Balaban J connectivity index is 0.00000341. The van der Waals surface area contributed by atoms with Gasteiger partial charge in [0.25, 0.3) is 0 Å². The van der Waals surface area contributed by atoms with Crippen molar-refractivity contribution in [1.29, 1.82) is 0 Å². The minimum Gasteiger partial charge on any atom is -0.357 e. The van der Waals surface area contributed by atoms with Crippen molar-refractivity contribution >= 4 is 41.8 Å². The fourth-order valence-electron chi connectivity index (χ4n) is 4.27. The highest BCUT2D eigenvalue weighted by Gasteiger charge is 2.22. The Morgan fingerprint density at radius 1 is 1.13 bits per heavy atom. The fraction of sp³-hybridized carbons (Fsp3) is 0.727. The number of nitrogens with one attached hydrogen (secondary N) is 2. The summed E-state index contributed by atoms with van der Waals surface area (Å²) < 4.78 is 0. The maximum Gasteiger partial charge on any atom is 0.225 e. The smallest absolute Gasteiger partial charge is 0.225 e. The summed E-state index contributed by atoms with van der Waals surface area (Å²) in [5.74, 6) is 2.67. The van der Waals surface area contributed by atoms with E-state index in [9.17, 15) is 4.79 Å². The van der Waals surface area contributed by atoms with Crippen LogP contribution in [0.4, 0.5) is 5.95 Å². The Hall–Kier alpha value is -1.65. The van der Waals surface area contributed by atoms with Crippen molar-refractivity contribution in [3.05, 3.63) is 18.5 Å². The van der Waals surface area contributed by atoms with Crippen molar-refractivity contribution in [1.82, 2.24) is 25.5 Å². The molecule has 8 nitrogen and oxygen atoms in total. The maximum atomic E-state index is 12.6. The number of halogens is 1. The standard InChI is InChI=1S/C22H37N7O.HI/c1-2-23-21(24-11-5-9-19-7-3-4-8-19)25-14-10-20(30)28-15-17-29(18-16-28)22-26-12-6-13-27-22;/h6,12-13,19H,2-5,7-11,14-18H2,1H3,(H2,23,24,25);1H. The summed E-state index contributed by atoms with van der Waals surface area (Å²) in [5, 5.41) is 6.60. The number of piperazine rings is 1. The van der Waals surface area contributed by atoms with Gasteiger partial charge in [0.15, 0.2) is 5.96 Å². The van der Waals surface area contributed by atoms with Gasteiger partial charge in [-0.2, -0.15) is 0 Å². The lowest BCUT2D eigenvalue weighted by Crippen LogP contribution is -2.50. The Labute approximate surface area is 203 Å². The van der Waals surface area contributed by atoms with Crippen LogP contribution in [-0.2, 0) is 4.79 Å². The van der Waals surface area contributed by atoms with Crippen LogP contribution in [0.1, 0.15) is 51.9 Å². The van der Waals surface area contributed by atoms with Crippen molar-refractivity contribution in [2.45, 2.75) is 51.9 Å². The minimum absolute atomic E-state index is 0.